The van der Waals surface area contributed by atoms with Crippen LogP contribution in [-0.2, 0) is 9.53 Å². The van der Waals surface area contributed by atoms with Crippen LogP contribution in [0.4, 0.5) is 0 Å². The maximum atomic E-state index is 11.7. The Morgan fingerprint density at radius 3 is 2.18 bits per heavy atom. The van der Waals surface area contributed by atoms with E-state index < -0.39 is 0 Å². The van der Waals surface area contributed by atoms with Crippen molar-refractivity contribution in [1.82, 2.24) is 5.32 Å². The highest BCUT2D eigenvalue weighted by Crippen LogP contribution is 2.17. The van der Waals surface area contributed by atoms with Crippen LogP contribution in [0.5, 0.6) is 0 Å². The highest BCUT2D eigenvalue weighted by molar-refractivity contribution is 5.77. The summed E-state index contributed by atoms with van der Waals surface area (Å²) in [5, 5.41) is 3.10. The molecule has 1 N–H and O–H groups in total. The second-order valence-corrected chi connectivity index (χ2v) is 6.01. The molecule has 1 saturated carbocycles. The van der Waals surface area contributed by atoms with Gasteiger partial charge < -0.3 is 10.1 Å². The fourth-order valence-electron chi connectivity index (χ4n) is 2.15. The maximum absolute atomic E-state index is 11.7. The van der Waals surface area contributed by atoms with Gasteiger partial charge in [0.15, 0.2) is 0 Å². The molecule has 0 heterocycles. The molecule has 0 aromatic rings. The molecule has 1 amide bonds. The predicted molar refractivity (Wildman–Crippen MR) is 70.0 cm³/mol. The quantitative estimate of drug-likeness (QED) is 0.824. The van der Waals surface area contributed by atoms with E-state index in [0.29, 0.717) is 6.04 Å². The molecule has 100 valence electrons. The number of carbonyl (C=O) groups excluding carboxylic acids is 1. The molecule has 0 aromatic carbocycles. The van der Waals surface area contributed by atoms with Crippen molar-refractivity contribution in [3.63, 3.8) is 0 Å². The normalized spacial score (nSPS) is 19.5. The van der Waals surface area contributed by atoms with E-state index in [1.165, 1.54) is 32.1 Å². The summed E-state index contributed by atoms with van der Waals surface area (Å²) in [6.07, 6.45) is 8.71. The zero-order chi connectivity index (χ0) is 12.7. The molecular weight excluding hydrogens is 214 g/mol. The molecule has 1 aliphatic rings. The second-order valence-electron chi connectivity index (χ2n) is 6.01. The van der Waals surface area contributed by atoms with E-state index in [4.69, 9.17) is 4.74 Å². The van der Waals surface area contributed by atoms with E-state index in [0.717, 1.165) is 12.8 Å². The standard InChI is InChI=1S/C14H27NO2/c1-14(2,3)17-11-13(16)15-12-9-7-5-4-6-8-10-12/h12H,4-11H2,1-3H3,(H,15,16). The smallest absolute Gasteiger partial charge is 0.246 e. The molecule has 17 heavy (non-hydrogen) atoms. The highest BCUT2D eigenvalue weighted by atomic mass is 16.5. The number of nitrogens with one attached hydrogen (secondary N) is 1. The minimum Gasteiger partial charge on any atom is -0.366 e. The van der Waals surface area contributed by atoms with Gasteiger partial charge >= 0.3 is 0 Å². The van der Waals surface area contributed by atoms with Crippen molar-refractivity contribution in [2.24, 2.45) is 0 Å². The van der Waals surface area contributed by atoms with Crippen LogP contribution in [0.2, 0.25) is 0 Å². The van der Waals surface area contributed by atoms with Crippen molar-refractivity contribution in [3.8, 4) is 0 Å². The van der Waals surface area contributed by atoms with Gasteiger partial charge in [0.05, 0.1) is 5.60 Å². The van der Waals surface area contributed by atoms with Crippen molar-refractivity contribution in [1.29, 1.82) is 0 Å². The summed E-state index contributed by atoms with van der Waals surface area (Å²) >= 11 is 0. The van der Waals surface area contributed by atoms with E-state index in [-0.39, 0.29) is 18.1 Å². The van der Waals surface area contributed by atoms with Gasteiger partial charge in [-0.3, -0.25) is 4.79 Å². The van der Waals surface area contributed by atoms with Gasteiger partial charge in [-0.1, -0.05) is 32.1 Å². The Bertz CT molecular complexity index is 225. The van der Waals surface area contributed by atoms with Gasteiger partial charge in [0.2, 0.25) is 5.91 Å². The van der Waals surface area contributed by atoms with E-state index in [2.05, 4.69) is 5.32 Å². The lowest BCUT2D eigenvalue weighted by Gasteiger charge is -2.23. The molecule has 0 radical (unpaired) electrons. The zero-order valence-electron chi connectivity index (χ0n) is 11.6. The maximum Gasteiger partial charge on any atom is 0.246 e. The lowest BCUT2D eigenvalue weighted by Crippen LogP contribution is -2.39. The molecule has 1 rings (SSSR count). The molecule has 0 aromatic heterocycles. The van der Waals surface area contributed by atoms with Gasteiger partial charge in [-0.2, -0.15) is 0 Å². The zero-order valence-corrected chi connectivity index (χ0v) is 11.6. The molecule has 0 atom stereocenters. The van der Waals surface area contributed by atoms with E-state index in [1.54, 1.807) is 0 Å². The molecule has 3 heteroatoms. The third-order valence-corrected chi connectivity index (χ3v) is 3.11. The summed E-state index contributed by atoms with van der Waals surface area (Å²) in [5.74, 6) is 0.0329. The molecule has 0 aliphatic heterocycles. The minimum absolute atomic E-state index is 0.0329. The Morgan fingerprint density at radius 1 is 1.12 bits per heavy atom. The van der Waals surface area contributed by atoms with Crippen LogP contribution in [0.25, 0.3) is 0 Å². The average molecular weight is 241 g/mol. The lowest BCUT2D eigenvalue weighted by atomic mass is 9.97. The second kappa shape index (κ2) is 7.00. The first-order valence-corrected chi connectivity index (χ1v) is 6.91. The first-order chi connectivity index (χ1) is 7.97. The molecule has 0 saturated heterocycles. The number of ether oxygens (including phenoxy) is 1. The van der Waals surface area contributed by atoms with E-state index in [1.807, 2.05) is 20.8 Å². The summed E-state index contributed by atoms with van der Waals surface area (Å²) in [5.41, 5.74) is -0.238. The lowest BCUT2D eigenvalue weighted by molar-refractivity contribution is -0.131. The SMILES string of the molecule is CC(C)(C)OCC(=O)NC1CCCCCCC1. The summed E-state index contributed by atoms with van der Waals surface area (Å²) in [7, 11) is 0. The van der Waals surface area contributed by atoms with Crippen molar-refractivity contribution < 1.29 is 9.53 Å². The van der Waals surface area contributed by atoms with Crippen molar-refractivity contribution in [2.75, 3.05) is 6.61 Å². The van der Waals surface area contributed by atoms with Crippen LogP contribution in [0.15, 0.2) is 0 Å². The molecule has 0 bridgehead atoms. The van der Waals surface area contributed by atoms with E-state index in [9.17, 15) is 4.79 Å². The van der Waals surface area contributed by atoms with Gasteiger partial charge in [-0.15, -0.1) is 0 Å². The predicted octanol–water partition coefficient (Wildman–Crippen LogP) is 3.03. The van der Waals surface area contributed by atoms with Crippen LogP contribution in [0.1, 0.15) is 65.7 Å². The first kappa shape index (κ1) is 14.5. The third-order valence-electron chi connectivity index (χ3n) is 3.11. The van der Waals surface area contributed by atoms with Crippen molar-refractivity contribution in [2.45, 2.75) is 77.4 Å². The van der Waals surface area contributed by atoms with Gasteiger partial charge in [0.25, 0.3) is 0 Å². The van der Waals surface area contributed by atoms with Gasteiger partial charge in [0.1, 0.15) is 6.61 Å². The van der Waals surface area contributed by atoms with Crippen LogP contribution in [-0.4, -0.2) is 24.2 Å². The third kappa shape index (κ3) is 7.37. The summed E-state index contributed by atoms with van der Waals surface area (Å²) in [4.78, 5) is 11.7. The monoisotopic (exact) mass is 241 g/mol. The fourth-order valence-corrected chi connectivity index (χ4v) is 2.15. The fraction of sp³-hybridized carbons (Fsp3) is 0.929. The van der Waals surface area contributed by atoms with Gasteiger partial charge in [-0.05, 0) is 33.6 Å². The minimum atomic E-state index is -0.238. The Morgan fingerprint density at radius 2 is 1.65 bits per heavy atom. The molecular formula is C14H27NO2. The Hall–Kier alpha value is -0.570. The Kier molecular flexibility index (Phi) is 5.96. The number of carbonyl (C=O) groups is 1. The molecule has 1 aliphatic carbocycles. The van der Waals surface area contributed by atoms with Crippen molar-refractivity contribution >= 4 is 5.91 Å². The summed E-state index contributed by atoms with van der Waals surface area (Å²) < 4.78 is 5.48. The number of hydrogen-bond donors (Lipinski definition) is 1. The molecule has 1 fully saturated rings. The van der Waals surface area contributed by atoms with Crippen molar-refractivity contribution in [3.05, 3.63) is 0 Å². The topological polar surface area (TPSA) is 38.3 Å². The Balaban J connectivity index is 2.23. The van der Waals surface area contributed by atoms with Gasteiger partial charge in [0, 0.05) is 6.04 Å². The van der Waals surface area contributed by atoms with Gasteiger partial charge in [-0.25, -0.2) is 0 Å². The van der Waals surface area contributed by atoms with Crippen LogP contribution < -0.4 is 5.32 Å². The largest absolute Gasteiger partial charge is 0.366 e. The number of hydrogen-bond acceptors (Lipinski definition) is 2. The first-order valence-electron chi connectivity index (χ1n) is 6.91. The molecule has 3 nitrogen and oxygen atoms in total. The highest BCUT2D eigenvalue weighted by Gasteiger charge is 2.16. The summed E-state index contributed by atoms with van der Waals surface area (Å²) in [6.45, 7) is 6.09. The average Bonchev–Trinajstić information content (AvgIpc) is 2.18. The molecule has 0 spiro atoms. The number of amides is 1. The number of rotatable bonds is 3. The van der Waals surface area contributed by atoms with Crippen LogP contribution in [0.3, 0.4) is 0 Å². The summed E-state index contributed by atoms with van der Waals surface area (Å²) in [6, 6.07) is 0.367. The Labute approximate surface area is 105 Å². The molecule has 0 unspecified atom stereocenters. The van der Waals surface area contributed by atoms with E-state index >= 15 is 0 Å². The van der Waals surface area contributed by atoms with Crippen LogP contribution in [0, 0.1) is 0 Å². The van der Waals surface area contributed by atoms with Crippen LogP contribution >= 0.6 is 0 Å².